The summed E-state index contributed by atoms with van der Waals surface area (Å²) in [4.78, 5) is 15.3. The van der Waals surface area contributed by atoms with Gasteiger partial charge in [0, 0.05) is 7.05 Å². The highest BCUT2D eigenvalue weighted by Crippen LogP contribution is 2.07. The van der Waals surface area contributed by atoms with Gasteiger partial charge in [-0.2, -0.15) is 0 Å². The molecule has 0 unspecified atom stereocenters. The summed E-state index contributed by atoms with van der Waals surface area (Å²) in [5.74, 6) is 0.496. The Hall–Kier alpha value is -0.590. The van der Waals surface area contributed by atoms with Gasteiger partial charge in [-0.25, -0.2) is 4.79 Å². The Kier molecular flexibility index (Phi) is 5.85. The van der Waals surface area contributed by atoms with Crippen molar-refractivity contribution in [2.24, 2.45) is 4.99 Å². The molecule has 0 aliphatic rings. The third-order valence-electron chi connectivity index (χ3n) is 1.21. The molecule has 0 saturated carbocycles. The molecule has 0 aromatic carbocycles. The Morgan fingerprint density at radius 1 is 1.47 bits per heavy atom. The Labute approximate surface area is 104 Å². The molecule has 0 aromatic rings. The van der Waals surface area contributed by atoms with E-state index in [9.17, 15) is 4.79 Å². The maximum atomic E-state index is 11.4. The molecule has 0 aromatic heterocycles. The molecular weight excluding hydrogens is 307 g/mol. The fourth-order valence-corrected chi connectivity index (χ4v) is 1.05. The lowest BCUT2D eigenvalue weighted by Crippen LogP contribution is -2.35. The number of hydrogen-bond acceptors (Lipinski definition) is 3. The number of alkyl carbamates (subject to hydrolysis) is 1. The van der Waals surface area contributed by atoms with Crippen molar-refractivity contribution in [2.45, 2.75) is 33.3 Å². The lowest BCUT2D eigenvalue weighted by Gasteiger charge is -2.19. The zero-order chi connectivity index (χ0) is 12.1. The second kappa shape index (κ2) is 6.09. The number of nitrogens with zero attached hydrogens (tertiary/aromatic N) is 1. The van der Waals surface area contributed by atoms with Crippen molar-refractivity contribution in [3.63, 3.8) is 0 Å². The van der Waals surface area contributed by atoms with Crippen LogP contribution in [0.2, 0.25) is 0 Å². The minimum atomic E-state index is -0.494. The standard InChI is InChI=1S/C10H17IN2O2/c1-7(11)6-8(12-5)13-9(14)15-10(2,3)4/h6H,1-5H3,(H,12,13,14)/b7-6-. The van der Waals surface area contributed by atoms with Crippen molar-refractivity contribution < 1.29 is 9.53 Å². The molecule has 0 bridgehead atoms. The number of allylic oxidation sites excluding steroid dienone is 1. The molecule has 1 amide bonds. The number of ether oxygens (including phenoxy) is 1. The molecule has 0 spiro atoms. The number of hydrogen-bond donors (Lipinski definition) is 1. The van der Waals surface area contributed by atoms with E-state index >= 15 is 0 Å². The summed E-state index contributed by atoms with van der Waals surface area (Å²) in [6.45, 7) is 7.36. The van der Waals surface area contributed by atoms with Crippen LogP contribution in [0.25, 0.3) is 0 Å². The third kappa shape index (κ3) is 8.41. The second-order valence-electron chi connectivity index (χ2n) is 3.97. The van der Waals surface area contributed by atoms with Gasteiger partial charge in [0.05, 0.1) is 0 Å². The van der Waals surface area contributed by atoms with Crippen LogP contribution in [0.1, 0.15) is 27.7 Å². The van der Waals surface area contributed by atoms with Crippen LogP contribution in [0, 0.1) is 0 Å². The first-order chi connectivity index (χ1) is 6.74. The summed E-state index contributed by atoms with van der Waals surface area (Å²) < 4.78 is 6.12. The van der Waals surface area contributed by atoms with Crippen molar-refractivity contribution >= 4 is 34.5 Å². The Bertz CT molecular complexity index is 286. The summed E-state index contributed by atoms with van der Waals surface area (Å²) in [7, 11) is 1.61. The van der Waals surface area contributed by atoms with Crippen LogP contribution in [-0.2, 0) is 4.74 Å². The van der Waals surface area contributed by atoms with Crippen LogP contribution in [-0.4, -0.2) is 24.6 Å². The van der Waals surface area contributed by atoms with Crippen molar-refractivity contribution in [3.05, 3.63) is 9.66 Å². The van der Waals surface area contributed by atoms with Gasteiger partial charge in [0.15, 0.2) is 0 Å². The van der Waals surface area contributed by atoms with Crippen LogP contribution in [0.15, 0.2) is 14.6 Å². The van der Waals surface area contributed by atoms with E-state index in [-0.39, 0.29) is 0 Å². The summed E-state index contributed by atoms with van der Waals surface area (Å²) in [6, 6.07) is 0. The van der Waals surface area contributed by atoms with E-state index in [1.165, 1.54) is 0 Å². The van der Waals surface area contributed by atoms with Crippen LogP contribution in [0.5, 0.6) is 0 Å². The van der Waals surface area contributed by atoms with Gasteiger partial charge in [0.25, 0.3) is 0 Å². The fourth-order valence-electron chi connectivity index (χ4n) is 0.753. The average Bonchev–Trinajstić information content (AvgIpc) is 1.98. The first-order valence-electron chi connectivity index (χ1n) is 4.55. The Balaban J connectivity index is 4.35. The van der Waals surface area contributed by atoms with Gasteiger partial charge in [-0.1, -0.05) is 0 Å². The van der Waals surface area contributed by atoms with Crippen molar-refractivity contribution in [2.75, 3.05) is 7.05 Å². The van der Waals surface area contributed by atoms with E-state index in [0.717, 1.165) is 3.58 Å². The molecule has 0 heterocycles. The molecule has 0 atom stereocenters. The SMILES string of the molecule is C/N=C(\C=C(\C)I)NC(=O)OC(C)(C)C. The predicted molar refractivity (Wildman–Crippen MR) is 70.5 cm³/mol. The van der Waals surface area contributed by atoms with Gasteiger partial charge in [-0.15, -0.1) is 0 Å². The van der Waals surface area contributed by atoms with Crippen LogP contribution >= 0.6 is 22.6 Å². The maximum Gasteiger partial charge on any atom is 0.413 e. The zero-order valence-electron chi connectivity index (χ0n) is 9.72. The van der Waals surface area contributed by atoms with Crippen LogP contribution < -0.4 is 5.32 Å². The quantitative estimate of drug-likeness (QED) is 0.458. The zero-order valence-corrected chi connectivity index (χ0v) is 11.9. The summed E-state index contributed by atoms with van der Waals surface area (Å²) in [5, 5.41) is 2.56. The van der Waals surface area contributed by atoms with E-state index in [4.69, 9.17) is 4.74 Å². The number of nitrogens with one attached hydrogen (secondary N) is 1. The Morgan fingerprint density at radius 3 is 2.33 bits per heavy atom. The molecule has 0 saturated heterocycles. The third-order valence-corrected chi connectivity index (χ3v) is 1.52. The number of carbonyl (C=O) groups excluding carboxylic acids is 1. The molecule has 0 rings (SSSR count). The summed E-state index contributed by atoms with van der Waals surface area (Å²) in [5.41, 5.74) is -0.494. The minimum absolute atomic E-state index is 0.489. The lowest BCUT2D eigenvalue weighted by molar-refractivity contribution is 0.0563. The normalized spacial score (nSPS) is 13.7. The molecule has 0 aliphatic carbocycles. The van der Waals surface area contributed by atoms with Crippen LogP contribution in [0.4, 0.5) is 4.79 Å². The fraction of sp³-hybridized carbons (Fsp3) is 0.600. The van der Waals surface area contributed by atoms with Gasteiger partial charge >= 0.3 is 6.09 Å². The average molecular weight is 324 g/mol. The summed E-state index contributed by atoms with van der Waals surface area (Å²) >= 11 is 2.14. The number of rotatable bonds is 1. The number of amidine groups is 1. The number of carbonyl (C=O) groups is 1. The number of amides is 1. The van der Waals surface area contributed by atoms with E-state index < -0.39 is 11.7 Å². The van der Waals surface area contributed by atoms with E-state index in [0.29, 0.717) is 5.84 Å². The predicted octanol–water partition coefficient (Wildman–Crippen LogP) is 2.88. The van der Waals surface area contributed by atoms with Gasteiger partial charge in [0.2, 0.25) is 0 Å². The second-order valence-corrected chi connectivity index (χ2v) is 5.67. The minimum Gasteiger partial charge on any atom is -0.444 e. The van der Waals surface area contributed by atoms with E-state index in [2.05, 4.69) is 32.9 Å². The van der Waals surface area contributed by atoms with E-state index in [1.807, 2.05) is 27.7 Å². The molecular formula is C10H17IN2O2. The van der Waals surface area contributed by atoms with Gasteiger partial charge in [-0.05, 0) is 59.9 Å². The van der Waals surface area contributed by atoms with Crippen LogP contribution in [0.3, 0.4) is 0 Å². The highest BCUT2D eigenvalue weighted by Gasteiger charge is 2.16. The first kappa shape index (κ1) is 14.4. The maximum absolute atomic E-state index is 11.4. The number of aliphatic imine (C=N–C) groups is 1. The van der Waals surface area contributed by atoms with Gasteiger partial charge < -0.3 is 4.74 Å². The summed E-state index contributed by atoms with van der Waals surface area (Å²) in [6.07, 6.45) is 1.28. The molecule has 15 heavy (non-hydrogen) atoms. The van der Waals surface area contributed by atoms with Gasteiger partial charge in [0.1, 0.15) is 11.4 Å². The molecule has 1 N–H and O–H groups in total. The smallest absolute Gasteiger partial charge is 0.413 e. The Morgan fingerprint density at radius 2 is 2.00 bits per heavy atom. The number of halogens is 1. The highest BCUT2D eigenvalue weighted by atomic mass is 127. The molecule has 0 aliphatic heterocycles. The molecule has 0 fully saturated rings. The van der Waals surface area contributed by atoms with Crippen molar-refractivity contribution in [3.8, 4) is 0 Å². The molecule has 0 radical (unpaired) electrons. The van der Waals surface area contributed by atoms with E-state index in [1.54, 1.807) is 13.1 Å². The topological polar surface area (TPSA) is 50.7 Å². The monoisotopic (exact) mass is 324 g/mol. The molecule has 86 valence electrons. The molecule has 4 nitrogen and oxygen atoms in total. The molecule has 5 heteroatoms. The van der Waals surface area contributed by atoms with Crippen molar-refractivity contribution in [1.29, 1.82) is 0 Å². The first-order valence-corrected chi connectivity index (χ1v) is 5.63. The largest absolute Gasteiger partial charge is 0.444 e. The highest BCUT2D eigenvalue weighted by molar-refractivity contribution is 14.1. The van der Waals surface area contributed by atoms with Crippen molar-refractivity contribution in [1.82, 2.24) is 5.32 Å². The van der Waals surface area contributed by atoms with Gasteiger partial charge in [-0.3, -0.25) is 10.3 Å². The lowest BCUT2D eigenvalue weighted by atomic mass is 10.2.